The number of aromatic nitrogens is 2. The minimum Gasteiger partial charge on any atom is -0.380 e. The molecular formula is C22H21FN4O3. The number of nitrogens with zero attached hydrogens (tertiary/aromatic N) is 3. The van der Waals surface area contributed by atoms with Gasteiger partial charge in [-0.05, 0) is 31.0 Å². The number of amides is 2. The molecule has 2 fully saturated rings. The van der Waals surface area contributed by atoms with Gasteiger partial charge < -0.3 is 14.9 Å². The lowest BCUT2D eigenvalue weighted by molar-refractivity contribution is -0.143. The lowest BCUT2D eigenvalue weighted by Gasteiger charge is -2.35. The predicted molar refractivity (Wildman–Crippen MR) is 108 cm³/mol. The maximum Gasteiger partial charge on any atom is 0.254 e. The molecule has 1 aliphatic carbocycles. The molecule has 1 saturated carbocycles. The van der Waals surface area contributed by atoms with Gasteiger partial charge in [-0.15, -0.1) is 0 Å². The minimum absolute atomic E-state index is 0.0979. The van der Waals surface area contributed by atoms with Crippen LogP contribution in [-0.4, -0.2) is 68.7 Å². The second-order valence-corrected chi connectivity index (χ2v) is 7.93. The highest BCUT2D eigenvalue weighted by atomic mass is 19.1. The molecule has 2 heterocycles. The van der Waals surface area contributed by atoms with Crippen LogP contribution in [0.1, 0.15) is 23.2 Å². The summed E-state index contributed by atoms with van der Waals surface area (Å²) in [5.41, 5.74) is 1.19. The molecule has 0 bridgehead atoms. The zero-order chi connectivity index (χ0) is 20.9. The van der Waals surface area contributed by atoms with Crippen molar-refractivity contribution in [2.24, 2.45) is 0 Å². The molecule has 0 radical (unpaired) electrons. The summed E-state index contributed by atoms with van der Waals surface area (Å²) in [6, 6.07) is 11.9. The molecule has 0 unspecified atom stereocenters. The van der Waals surface area contributed by atoms with Crippen LogP contribution >= 0.6 is 0 Å². The highest BCUT2D eigenvalue weighted by molar-refractivity contribution is 5.97. The normalized spacial score (nSPS) is 17.9. The van der Waals surface area contributed by atoms with Crippen LogP contribution in [0.4, 0.5) is 4.39 Å². The van der Waals surface area contributed by atoms with Gasteiger partial charge in [-0.2, -0.15) is 5.10 Å². The number of rotatable bonds is 3. The number of halogens is 1. The van der Waals surface area contributed by atoms with Crippen molar-refractivity contribution in [3.63, 3.8) is 0 Å². The Hall–Kier alpha value is -3.26. The largest absolute Gasteiger partial charge is 0.380 e. The predicted octanol–water partition coefficient (Wildman–Crippen LogP) is 2.18. The molecule has 8 heteroatoms. The highest BCUT2D eigenvalue weighted by Gasteiger charge is 2.50. The van der Waals surface area contributed by atoms with Crippen LogP contribution in [-0.2, 0) is 4.79 Å². The van der Waals surface area contributed by atoms with Gasteiger partial charge in [0.05, 0.1) is 5.69 Å². The first kappa shape index (κ1) is 18.7. The number of aliphatic hydroxyl groups is 1. The van der Waals surface area contributed by atoms with Crippen LogP contribution in [0.25, 0.3) is 22.2 Å². The molecule has 2 N–H and O–H groups in total. The van der Waals surface area contributed by atoms with E-state index in [2.05, 4.69) is 10.2 Å². The van der Waals surface area contributed by atoms with Crippen molar-refractivity contribution in [3.8, 4) is 11.3 Å². The van der Waals surface area contributed by atoms with E-state index in [-0.39, 0.29) is 23.1 Å². The third-order valence-corrected chi connectivity index (χ3v) is 5.93. The van der Waals surface area contributed by atoms with Gasteiger partial charge in [0.25, 0.3) is 11.8 Å². The number of carbonyl (C=O) groups is 2. The number of para-hydroxylation sites is 1. The second-order valence-electron chi connectivity index (χ2n) is 7.93. The molecule has 7 nitrogen and oxygen atoms in total. The number of H-pyrrole nitrogens is 1. The zero-order valence-electron chi connectivity index (χ0n) is 16.3. The van der Waals surface area contributed by atoms with Crippen molar-refractivity contribution in [2.75, 3.05) is 26.2 Å². The van der Waals surface area contributed by atoms with Gasteiger partial charge in [0.2, 0.25) is 0 Å². The molecule has 1 aliphatic heterocycles. The summed E-state index contributed by atoms with van der Waals surface area (Å²) in [6.07, 6.45) is 1.05. The first-order valence-electron chi connectivity index (χ1n) is 10.0. The maximum absolute atomic E-state index is 13.9. The number of aromatic amines is 1. The average Bonchev–Trinajstić information content (AvgIpc) is 3.38. The van der Waals surface area contributed by atoms with E-state index < -0.39 is 5.60 Å². The Balaban J connectivity index is 1.28. The molecule has 5 rings (SSSR count). The smallest absolute Gasteiger partial charge is 0.254 e. The first-order valence-corrected chi connectivity index (χ1v) is 10.0. The van der Waals surface area contributed by atoms with Crippen LogP contribution < -0.4 is 0 Å². The summed E-state index contributed by atoms with van der Waals surface area (Å²) < 4.78 is 13.9. The van der Waals surface area contributed by atoms with E-state index in [4.69, 9.17) is 0 Å². The van der Waals surface area contributed by atoms with Crippen LogP contribution in [0.5, 0.6) is 0 Å². The summed E-state index contributed by atoms with van der Waals surface area (Å²) in [7, 11) is 0. The van der Waals surface area contributed by atoms with E-state index in [1.165, 1.54) is 6.07 Å². The topological polar surface area (TPSA) is 89.5 Å². The quantitative estimate of drug-likeness (QED) is 0.695. The van der Waals surface area contributed by atoms with Crippen molar-refractivity contribution in [1.82, 2.24) is 20.0 Å². The molecule has 0 atom stereocenters. The molecule has 30 heavy (non-hydrogen) atoms. The van der Waals surface area contributed by atoms with E-state index in [9.17, 15) is 19.1 Å². The summed E-state index contributed by atoms with van der Waals surface area (Å²) >= 11 is 0. The molecule has 2 aliphatic rings. The van der Waals surface area contributed by atoms with E-state index in [1.54, 1.807) is 34.1 Å². The van der Waals surface area contributed by atoms with Gasteiger partial charge in [0.15, 0.2) is 5.82 Å². The fourth-order valence-corrected chi connectivity index (χ4v) is 3.92. The fraction of sp³-hybridized carbons (Fsp3) is 0.318. The molecule has 1 aromatic heterocycles. The van der Waals surface area contributed by atoms with E-state index >= 15 is 0 Å². The zero-order valence-corrected chi connectivity index (χ0v) is 16.3. The number of hydrogen-bond acceptors (Lipinski definition) is 4. The van der Waals surface area contributed by atoms with Crippen LogP contribution in [0, 0.1) is 5.82 Å². The molecule has 0 spiro atoms. The molecule has 3 aromatic rings. The molecule has 2 amide bonds. The highest BCUT2D eigenvalue weighted by Crippen LogP contribution is 2.37. The molecule has 2 aromatic carbocycles. The Bertz CT molecular complexity index is 1130. The monoisotopic (exact) mass is 408 g/mol. The van der Waals surface area contributed by atoms with Crippen LogP contribution in [0.3, 0.4) is 0 Å². The maximum atomic E-state index is 13.9. The Morgan fingerprint density at radius 3 is 2.33 bits per heavy atom. The third-order valence-electron chi connectivity index (χ3n) is 5.93. The average molecular weight is 408 g/mol. The van der Waals surface area contributed by atoms with Gasteiger partial charge in [0, 0.05) is 42.7 Å². The van der Waals surface area contributed by atoms with Gasteiger partial charge in [-0.3, -0.25) is 14.7 Å². The van der Waals surface area contributed by atoms with E-state index in [0.29, 0.717) is 55.7 Å². The fourth-order valence-electron chi connectivity index (χ4n) is 3.92. The Labute approximate surface area is 172 Å². The van der Waals surface area contributed by atoms with Gasteiger partial charge in [-0.25, -0.2) is 4.39 Å². The summed E-state index contributed by atoms with van der Waals surface area (Å²) in [5.74, 6) is -0.699. The van der Waals surface area contributed by atoms with Gasteiger partial charge >= 0.3 is 0 Å². The van der Waals surface area contributed by atoms with Crippen molar-refractivity contribution in [2.45, 2.75) is 18.4 Å². The van der Waals surface area contributed by atoms with E-state index in [1.807, 2.05) is 12.1 Å². The van der Waals surface area contributed by atoms with Crippen LogP contribution in [0.15, 0.2) is 42.5 Å². The van der Waals surface area contributed by atoms with Gasteiger partial charge in [-0.1, -0.05) is 24.3 Å². The summed E-state index contributed by atoms with van der Waals surface area (Å²) in [4.78, 5) is 28.4. The second kappa shape index (κ2) is 6.91. The number of nitrogens with one attached hydrogen (secondary N) is 1. The van der Waals surface area contributed by atoms with Crippen molar-refractivity contribution >= 4 is 22.7 Å². The molecule has 154 valence electrons. The van der Waals surface area contributed by atoms with Crippen LogP contribution in [0.2, 0.25) is 0 Å². The standard InChI is InChI=1S/C22H21FN4O3/c23-17-3-1-2-16-18(24-25-19(16)17)14-4-6-15(7-5-14)20(28)26-10-12-27(13-11-26)21(29)22(30)8-9-22/h1-7,30H,8-13H2,(H,24,25). The van der Waals surface area contributed by atoms with Crippen molar-refractivity contribution in [3.05, 3.63) is 53.8 Å². The first-order chi connectivity index (χ1) is 14.5. The Morgan fingerprint density at radius 2 is 1.67 bits per heavy atom. The minimum atomic E-state index is -1.16. The lowest BCUT2D eigenvalue weighted by Crippen LogP contribution is -2.53. The SMILES string of the molecule is O=C(c1ccc(-c2[nH]nc3c(F)cccc23)cc1)N1CCN(C(=O)C2(O)CC2)CC1. The van der Waals surface area contributed by atoms with E-state index in [0.717, 1.165) is 5.56 Å². The number of piperazine rings is 1. The number of hydrogen-bond donors (Lipinski definition) is 2. The number of benzene rings is 2. The Morgan fingerprint density at radius 1 is 1.00 bits per heavy atom. The van der Waals surface area contributed by atoms with Crippen molar-refractivity contribution < 1.29 is 19.1 Å². The lowest BCUT2D eigenvalue weighted by atomic mass is 10.0. The molecule has 1 saturated heterocycles. The number of fused-ring (bicyclic) bond motifs is 1. The van der Waals surface area contributed by atoms with Crippen molar-refractivity contribution in [1.29, 1.82) is 0 Å². The van der Waals surface area contributed by atoms with Gasteiger partial charge in [0.1, 0.15) is 11.1 Å². The number of carbonyl (C=O) groups excluding carboxylic acids is 2. The Kier molecular flexibility index (Phi) is 4.32. The molecular weight excluding hydrogens is 387 g/mol. The summed E-state index contributed by atoms with van der Waals surface area (Å²) in [6.45, 7) is 1.73. The third kappa shape index (κ3) is 3.13. The summed E-state index contributed by atoms with van der Waals surface area (Å²) in [5, 5.41) is 17.6.